The maximum atomic E-state index is 12.3. The number of halogens is 3. The molecule has 1 rings (SSSR count). The van der Waals surface area contributed by atoms with Crippen molar-refractivity contribution in [3.8, 4) is 6.07 Å². The van der Waals surface area contributed by atoms with Crippen LogP contribution in [0.5, 0.6) is 0 Å². The normalized spacial score (nSPS) is 11.8. The molecule has 0 saturated carbocycles. The number of hydrogen-bond donors (Lipinski definition) is 0. The first kappa shape index (κ1) is 11.6. The van der Waals surface area contributed by atoms with Crippen LogP contribution >= 0.6 is 0 Å². The van der Waals surface area contributed by atoms with Gasteiger partial charge in [0.05, 0.1) is 6.07 Å². The van der Waals surface area contributed by atoms with Gasteiger partial charge in [0.15, 0.2) is 5.69 Å². The van der Waals surface area contributed by atoms with Gasteiger partial charge in [0.1, 0.15) is 6.54 Å². The standard InChI is InChI=1S/C9H10F3N3/c1-6(2)7-5-8(9(10,11)12)14-15(7)4-3-13/h5-6H,4H2,1-2H3. The summed E-state index contributed by atoms with van der Waals surface area (Å²) in [4.78, 5) is 0. The first-order valence-corrected chi connectivity index (χ1v) is 4.38. The molecule has 0 atom stereocenters. The molecule has 0 N–H and O–H groups in total. The molecule has 1 aromatic rings. The van der Waals surface area contributed by atoms with Crippen molar-refractivity contribution in [2.75, 3.05) is 0 Å². The topological polar surface area (TPSA) is 41.6 Å². The average molecular weight is 217 g/mol. The Labute approximate surface area is 85.1 Å². The van der Waals surface area contributed by atoms with Crippen LogP contribution in [0.2, 0.25) is 0 Å². The van der Waals surface area contributed by atoms with Crippen LogP contribution in [0.25, 0.3) is 0 Å². The average Bonchev–Trinajstić information content (AvgIpc) is 2.48. The van der Waals surface area contributed by atoms with Gasteiger partial charge in [-0.15, -0.1) is 0 Å². The highest BCUT2D eigenvalue weighted by Gasteiger charge is 2.35. The monoisotopic (exact) mass is 217 g/mol. The summed E-state index contributed by atoms with van der Waals surface area (Å²) < 4.78 is 38.1. The zero-order valence-corrected chi connectivity index (χ0v) is 8.34. The molecule has 1 aromatic heterocycles. The summed E-state index contributed by atoms with van der Waals surface area (Å²) in [6, 6.07) is 2.77. The third-order valence-electron chi connectivity index (χ3n) is 1.91. The summed E-state index contributed by atoms with van der Waals surface area (Å²) in [6.07, 6.45) is -4.45. The van der Waals surface area contributed by atoms with Crippen molar-refractivity contribution in [3.63, 3.8) is 0 Å². The Kier molecular flexibility index (Phi) is 3.03. The largest absolute Gasteiger partial charge is 0.435 e. The number of rotatable bonds is 2. The van der Waals surface area contributed by atoms with Gasteiger partial charge in [0.25, 0.3) is 0 Å². The highest BCUT2D eigenvalue weighted by molar-refractivity contribution is 5.16. The molecule has 0 aromatic carbocycles. The summed E-state index contributed by atoms with van der Waals surface area (Å²) in [5, 5.41) is 11.8. The van der Waals surface area contributed by atoms with E-state index >= 15 is 0 Å². The molecule has 0 radical (unpaired) electrons. The molecule has 0 aliphatic rings. The Morgan fingerprint density at radius 2 is 2.13 bits per heavy atom. The van der Waals surface area contributed by atoms with E-state index in [-0.39, 0.29) is 12.5 Å². The smallest absolute Gasteiger partial charge is 0.255 e. The van der Waals surface area contributed by atoms with E-state index in [0.29, 0.717) is 5.69 Å². The number of nitriles is 1. The van der Waals surface area contributed by atoms with E-state index in [2.05, 4.69) is 5.10 Å². The molecule has 3 nitrogen and oxygen atoms in total. The van der Waals surface area contributed by atoms with Gasteiger partial charge in [-0.05, 0) is 12.0 Å². The quantitative estimate of drug-likeness (QED) is 0.763. The van der Waals surface area contributed by atoms with E-state index in [9.17, 15) is 13.2 Å². The molecule has 0 fully saturated rings. The number of hydrogen-bond acceptors (Lipinski definition) is 2. The molecular weight excluding hydrogens is 207 g/mol. The van der Waals surface area contributed by atoms with Crippen LogP contribution in [0.4, 0.5) is 13.2 Å². The van der Waals surface area contributed by atoms with E-state index in [1.165, 1.54) is 0 Å². The lowest BCUT2D eigenvalue weighted by Gasteiger charge is -2.05. The highest BCUT2D eigenvalue weighted by atomic mass is 19.4. The van der Waals surface area contributed by atoms with Crippen molar-refractivity contribution >= 4 is 0 Å². The summed E-state index contributed by atoms with van der Waals surface area (Å²) >= 11 is 0. The van der Waals surface area contributed by atoms with Gasteiger partial charge < -0.3 is 0 Å². The van der Waals surface area contributed by atoms with Crippen molar-refractivity contribution < 1.29 is 13.2 Å². The molecular formula is C9H10F3N3. The minimum Gasteiger partial charge on any atom is -0.255 e. The second kappa shape index (κ2) is 3.93. The van der Waals surface area contributed by atoms with Gasteiger partial charge in [-0.2, -0.15) is 23.5 Å². The zero-order chi connectivity index (χ0) is 11.6. The number of aromatic nitrogens is 2. The maximum Gasteiger partial charge on any atom is 0.435 e. The predicted octanol–water partition coefficient (Wildman–Crippen LogP) is 2.55. The lowest BCUT2D eigenvalue weighted by Crippen LogP contribution is -2.08. The van der Waals surface area contributed by atoms with Crippen molar-refractivity contribution in [1.29, 1.82) is 5.26 Å². The van der Waals surface area contributed by atoms with E-state index in [1.807, 2.05) is 0 Å². The SMILES string of the molecule is CC(C)c1cc(C(F)(F)F)nn1CC#N. The van der Waals surface area contributed by atoms with E-state index in [4.69, 9.17) is 5.26 Å². The molecule has 0 aliphatic heterocycles. The number of nitrogens with zero attached hydrogens (tertiary/aromatic N) is 3. The fourth-order valence-corrected chi connectivity index (χ4v) is 1.23. The molecule has 0 saturated heterocycles. The first-order chi connectivity index (χ1) is 6.86. The van der Waals surface area contributed by atoms with Crippen molar-refractivity contribution in [2.45, 2.75) is 32.5 Å². The van der Waals surface area contributed by atoms with Crippen LogP contribution in [0.15, 0.2) is 6.07 Å². The van der Waals surface area contributed by atoms with Crippen molar-refractivity contribution in [2.24, 2.45) is 0 Å². The molecule has 0 bridgehead atoms. The lowest BCUT2D eigenvalue weighted by molar-refractivity contribution is -0.141. The molecule has 0 spiro atoms. The molecule has 1 heterocycles. The van der Waals surface area contributed by atoms with Gasteiger partial charge in [-0.25, -0.2) is 0 Å². The second-order valence-corrected chi connectivity index (χ2v) is 3.42. The molecule has 0 amide bonds. The fourth-order valence-electron chi connectivity index (χ4n) is 1.23. The summed E-state index contributed by atoms with van der Waals surface area (Å²) in [5.41, 5.74) is -0.523. The molecule has 15 heavy (non-hydrogen) atoms. The first-order valence-electron chi connectivity index (χ1n) is 4.38. The van der Waals surface area contributed by atoms with Gasteiger partial charge in [0, 0.05) is 5.69 Å². The Balaban J connectivity index is 3.16. The van der Waals surface area contributed by atoms with Crippen LogP contribution in [0.3, 0.4) is 0 Å². The minimum absolute atomic E-state index is 0.0954. The molecule has 82 valence electrons. The van der Waals surface area contributed by atoms with Crippen molar-refractivity contribution in [3.05, 3.63) is 17.5 Å². The van der Waals surface area contributed by atoms with Crippen LogP contribution in [0, 0.1) is 11.3 Å². The minimum atomic E-state index is -4.45. The Hall–Kier alpha value is -1.51. The highest BCUT2D eigenvalue weighted by Crippen LogP contribution is 2.30. The van der Waals surface area contributed by atoms with Crippen LogP contribution < -0.4 is 0 Å². The maximum absolute atomic E-state index is 12.3. The van der Waals surface area contributed by atoms with E-state index in [1.54, 1.807) is 19.9 Å². The number of alkyl halides is 3. The second-order valence-electron chi connectivity index (χ2n) is 3.42. The third kappa shape index (κ3) is 2.49. The Bertz CT molecular complexity index is 384. The van der Waals surface area contributed by atoms with Crippen LogP contribution in [-0.4, -0.2) is 9.78 Å². The third-order valence-corrected chi connectivity index (χ3v) is 1.91. The Morgan fingerprint density at radius 1 is 1.53 bits per heavy atom. The summed E-state index contributed by atoms with van der Waals surface area (Å²) in [6.45, 7) is 3.35. The van der Waals surface area contributed by atoms with Gasteiger partial charge >= 0.3 is 6.18 Å². The lowest BCUT2D eigenvalue weighted by atomic mass is 10.1. The summed E-state index contributed by atoms with van der Waals surface area (Å²) in [5.74, 6) is -0.0954. The fraction of sp³-hybridized carbons (Fsp3) is 0.556. The van der Waals surface area contributed by atoms with Gasteiger partial charge in [-0.1, -0.05) is 13.8 Å². The molecule has 0 aliphatic carbocycles. The summed E-state index contributed by atoms with van der Waals surface area (Å²) in [7, 11) is 0. The molecule has 0 unspecified atom stereocenters. The van der Waals surface area contributed by atoms with Crippen LogP contribution in [-0.2, 0) is 12.7 Å². The van der Waals surface area contributed by atoms with E-state index in [0.717, 1.165) is 10.7 Å². The van der Waals surface area contributed by atoms with Crippen LogP contribution in [0.1, 0.15) is 31.2 Å². The Morgan fingerprint density at radius 3 is 2.53 bits per heavy atom. The predicted molar refractivity (Wildman–Crippen MR) is 46.9 cm³/mol. The molecule has 6 heteroatoms. The van der Waals surface area contributed by atoms with E-state index < -0.39 is 11.9 Å². The van der Waals surface area contributed by atoms with Gasteiger partial charge in [-0.3, -0.25) is 4.68 Å². The zero-order valence-electron chi connectivity index (χ0n) is 8.34. The van der Waals surface area contributed by atoms with Gasteiger partial charge in [0.2, 0.25) is 0 Å². The van der Waals surface area contributed by atoms with Crippen molar-refractivity contribution in [1.82, 2.24) is 9.78 Å².